The first kappa shape index (κ1) is 23.8. The van der Waals surface area contributed by atoms with Crippen molar-refractivity contribution < 1.29 is 19.1 Å². The quantitative estimate of drug-likeness (QED) is 0.555. The lowest BCUT2D eigenvalue weighted by Crippen LogP contribution is -2.33. The maximum atomic E-state index is 13.2. The van der Waals surface area contributed by atoms with Crippen LogP contribution in [0.15, 0.2) is 18.3 Å². The lowest BCUT2D eigenvalue weighted by Gasteiger charge is -2.24. The number of aryl methyl sites for hydroxylation is 1. The predicted molar refractivity (Wildman–Crippen MR) is 127 cm³/mol. The molecule has 2 amide bonds. The van der Waals surface area contributed by atoms with Crippen LogP contribution in [0, 0.1) is 6.92 Å². The maximum absolute atomic E-state index is 13.2. The highest BCUT2D eigenvalue weighted by molar-refractivity contribution is 7.16. The van der Waals surface area contributed by atoms with Crippen molar-refractivity contribution in [1.29, 1.82) is 0 Å². The molecule has 1 N–H and O–H groups in total. The van der Waals surface area contributed by atoms with Gasteiger partial charge in [0.1, 0.15) is 5.60 Å². The molecule has 1 aliphatic rings. The molecule has 3 aromatic rings. The molecular weight excluding hydrogens is 480 g/mol. The third-order valence-electron chi connectivity index (χ3n) is 4.82. The summed E-state index contributed by atoms with van der Waals surface area (Å²) in [5.41, 5.74) is 2.25. The van der Waals surface area contributed by atoms with Crippen molar-refractivity contribution in [3.8, 4) is 17.0 Å². The molecule has 4 heterocycles. The topological polar surface area (TPSA) is 119 Å². The number of fused-ring (bicyclic) bond motifs is 1. The Morgan fingerprint density at radius 1 is 1.18 bits per heavy atom. The Labute approximate surface area is 205 Å². The minimum atomic E-state index is -0.573. The Balaban J connectivity index is 1.55. The highest BCUT2D eigenvalue weighted by Gasteiger charge is 2.31. The summed E-state index contributed by atoms with van der Waals surface area (Å²) >= 11 is 7.36. The van der Waals surface area contributed by atoms with E-state index >= 15 is 0 Å². The summed E-state index contributed by atoms with van der Waals surface area (Å²) in [6, 6.07) is 3.34. The number of thiazole rings is 1. The molecule has 0 bridgehead atoms. The molecule has 34 heavy (non-hydrogen) atoms. The molecule has 0 spiro atoms. The number of carbonyl (C=O) groups excluding carboxylic acids is 2. The number of methoxy groups -OCH3 is 1. The summed E-state index contributed by atoms with van der Waals surface area (Å²) in [4.78, 5) is 36.8. The van der Waals surface area contributed by atoms with E-state index < -0.39 is 17.6 Å². The fraction of sp³-hybridized carbons (Fsp3) is 0.364. The van der Waals surface area contributed by atoms with Crippen LogP contribution in [0.1, 0.15) is 47.4 Å². The van der Waals surface area contributed by atoms with Crippen molar-refractivity contribution in [2.24, 2.45) is 0 Å². The molecule has 0 radical (unpaired) electrons. The van der Waals surface area contributed by atoms with Crippen molar-refractivity contribution in [2.45, 2.75) is 46.4 Å². The van der Waals surface area contributed by atoms with Gasteiger partial charge in [-0.25, -0.2) is 9.78 Å². The van der Waals surface area contributed by atoms with E-state index in [1.165, 1.54) is 24.6 Å². The molecule has 178 valence electrons. The number of amides is 2. The third-order valence-corrected chi connectivity index (χ3v) is 6.01. The van der Waals surface area contributed by atoms with Gasteiger partial charge in [0.05, 0.1) is 36.3 Å². The molecule has 0 saturated heterocycles. The van der Waals surface area contributed by atoms with Crippen LogP contribution in [0.25, 0.3) is 11.1 Å². The van der Waals surface area contributed by atoms with Crippen LogP contribution in [-0.2, 0) is 17.8 Å². The zero-order valence-electron chi connectivity index (χ0n) is 19.3. The number of rotatable bonds is 4. The van der Waals surface area contributed by atoms with E-state index in [1.807, 2.05) is 27.7 Å². The van der Waals surface area contributed by atoms with Crippen LogP contribution in [0.2, 0.25) is 5.15 Å². The molecular formula is C22H23ClN6O4S. The van der Waals surface area contributed by atoms with E-state index in [9.17, 15) is 9.59 Å². The van der Waals surface area contributed by atoms with E-state index in [0.717, 1.165) is 10.6 Å². The Morgan fingerprint density at radius 3 is 2.62 bits per heavy atom. The molecule has 0 aliphatic carbocycles. The second kappa shape index (κ2) is 9.15. The van der Waals surface area contributed by atoms with Crippen LogP contribution in [0.5, 0.6) is 5.88 Å². The van der Waals surface area contributed by atoms with Gasteiger partial charge in [0, 0.05) is 23.0 Å². The number of nitrogens with one attached hydrogen (secondary N) is 1. The van der Waals surface area contributed by atoms with E-state index in [0.29, 0.717) is 40.6 Å². The van der Waals surface area contributed by atoms with Gasteiger partial charge in [-0.2, -0.15) is 0 Å². The summed E-state index contributed by atoms with van der Waals surface area (Å²) in [5, 5.41) is 11.2. The van der Waals surface area contributed by atoms with Crippen LogP contribution in [0.4, 0.5) is 9.93 Å². The summed E-state index contributed by atoms with van der Waals surface area (Å²) in [7, 11) is 1.47. The molecule has 4 rings (SSSR count). The van der Waals surface area contributed by atoms with Gasteiger partial charge in [-0.05, 0) is 39.8 Å². The highest BCUT2D eigenvalue weighted by Crippen LogP contribution is 2.34. The normalized spacial score (nSPS) is 12.9. The van der Waals surface area contributed by atoms with Crippen molar-refractivity contribution in [2.75, 3.05) is 12.4 Å². The number of carbonyl (C=O) groups is 2. The van der Waals surface area contributed by atoms with E-state index in [2.05, 4.69) is 25.5 Å². The van der Waals surface area contributed by atoms with E-state index in [1.54, 1.807) is 17.0 Å². The highest BCUT2D eigenvalue weighted by atomic mass is 35.5. The number of anilines is 1. The van der Waals surface area contributed by atoms with Gasteiger partial charge in [-0.15, -0.1) is 10.2 Å². The predicted octanol–water partition coefficient (Wildman–Crippen LogP) is 4.47. The fourth-order valence-electron chi connectivity index (χ4n) is 3.38. The van der Waals surface area contributed by atoms with Crippen LogP contribution >= 0.6 is 22.9 Å². The average molecular weight is 503 g/mol. The molecule has 0 saturated carbocycles. The first-order valence-corrected chi connectivity index (χ1v) is 11.6. The third kappa shape index (κ3) is 5.10. The first-order valence-electron chi connectivity index (χ1n) is 10.4. The summed E-state index contributed by atoms with van der Waals surface area (Å²) < 4.78 is 10.7. The van der Waals surface area contributed by atoms with Gasteiger partial charge in [-0.3, -0.25) is 20.0 Å². The standard InChI is InChI=1S/C22H23ClN6O4S/c1-11-6-12(13-7-17(23)27-28-19(13)32-5)14(8-24-11)18(30)26-20-25-15-9-29(10-16(15)34-20)21(31)33-22(2,3)4/h6-8H,9-10H2,1-5H3,(H,25,26,30). The maximum Gasteiger partial charge on any atom is 0.410 e. The van der Waals surface area contributed by atoms with Crippen molar-refractivity contribution >= 4 is 40.1 Å². The number of halogens is 1. The number of nitrogens with zero attached hydrogens (tertiary/aromatic N) is 5. The summed E-state index contributed by atoms with van der Waals surface area (Å²) in [5.74, 6) is -0.159. The number of hydrogen-bond acceptors (Lipinski definition) is 9. The van der Waals surface area contributed by atoms with Gasteiger partial charge in [0.2, 0.25) is 5.88 Å². The molecule has 1 aliphatic heterocycles. The lowest BCUT2D eigenvalue weighted by molar-refractivity contribution is 0.0241. The number of hydrogen-bond donors (Lipinski definition) is 1. The Hall–Kier alpha value is -3.31. The number of aromatic nitrogens is 4. The minimum Gasteiger partial charge on any atom is -0.479 e. The Morgan fingerprint density at radius 2 is 1.94 bits per heavy atom. The second-order valence-electron chi connectivity index (χ2n) is 8.64. The fourth-order valence-corrected chi connectivity index (χ4v) is 4.51. The van der Waals surface area contributed by atoms with Crippen LogP contribution < -0.4 is 10.1 Å². The molecule has 0 unspecified atom stereocenters. The first-order chi connectivity index (χ1) is 16.0. The van der Waals surface area contributed by atoms with Crippen LogP contribution in [0.3, 0.4) is 0 Å². The second-order valence-corrected chi connectivity index (χ2v) is 10.1. The zero-order chi connectivity index (χ0) is 24.6. The van der Waals surface area contributed by atoms with Gasteiger partial charge in [-0.1, -0.05) is 22.9 Å². The van der Waals surface area contributed by atoms with Gasteiger partial charge in [0.25, 0.3) is 5.91 Å². The van der Waals surface area contributed by atoms with Crippen LogP contribution in [-0.4, -0.2) is 49.8 Å². The van der Waals surface area contributed by atoms with E-state index in [4.69, 9.17) is 21.1 Å². The molecule has 0 aromatic carbocycles. The van der Waals surface area contributed by atoms with Crippen molar-refractivity contribution in [3.05, 3.63) is 45.3 Å². The Bertz CT molecular complexity index is 1250. The van der Waals surface area contributed by atoms with Gasteiger partial charge < -0.3 is 9.47 Å². The lowest BCUT2D eigenvalue weighted by atomic mass is 10.0. The largest absolute Gasteiger partial charge is 0.479 e. The molecule has 3 aromatic heterocycles. The van der Waals surface area contributed by atoms with Crippen molar-refractivity contribution in [3.63, 3.8) is 0 Å². The molecule has 0 fully saturated rings. The average Bonchev–Trinajstić information content (AvgIpc) is 3.31. The molecule has 0 atom stereocenters. The summed E-state index contributed by atoms with van der Waals surface area (Å²) in [6.07, 6.45) is 1.09. The SMILES string of the molecule is COc1nnc(Cl)cc1-c1cc(C)ncc1C(=O)Nc1nc2c(s1)CN(C(=O)OC(C)(C)C)C2. The molecule has 12 heteroatoms. The summed E-state index contributed by atoms with van der Waals surface area (Å²) in [6.45, 7) is 7.99. The zero-order valence-corrected chi connectivity index (χ0v) is 20.9. The van der Waals surface area contributed by atoms with E-state index in [-0.39, 0.29) is 11.0 Å². The van der Waals surface area contributed by atoms with Gasteiger partial charge >= 0.3 is 6.09 Å². The molecule has 10 nitrogen and oxygen atoms in total. The van der Waals surface area contributed by atoms with Gasteiger partial charge in [0.15, 0.2) is 10.3 Å². The number of ether oxygens (including phenoxy) is 2. The van der Waals surface area contributed by atoms with Crippen molar-refractivity contribution in [1.82, 2.24) is 25.1 Å². The minimum absolute atomic E-state index is 0.169. The Kier molecular flexibility index (Phi) is 6.41. The monoisotopic (exact) mass is 502 g/mol. The number of pyridine rings is 1. The smallest absolute Gasteiger partial charge is 0.410 e.